The molecule has 0 fully saturated rings. The SMILES string of the molecule is OCC(O)CNCc1cccc2c1NCC2. The Balaban J connectivity index is 1.92. The lowest BCUT2D eigenvalue weighted by molar-refractivity contribution is 0.0942. The Labute approximate surface area is 95.3 Å². The maximum Gasteiger partial charge on any atom is 0.0895 e. The molecule has 0 aromatic heterocycles. The molecule has 1 unspecified atom stereocenters. The van der Waals surface area contributed by atoms with Crippen molar-refractivity contribution in [2.75, 3.05) is 25.0 Å². The number of fused-ring (bicyclic) bond motifs is 1. The van der Waals surface area contributed by atoms with Crippen molar-refractivity contribution in [2.24, 2.45) is 0 Å². The molecule has 0 radical (unpaired) electrons. The third-order valence-corrected chi connectivity index (χ3v) is 2.84. The molecule has 2 rings (SSSR count). The van der Waals surface area contributed by atoms with E-state index < -0.39 is 6.10 Å². The highest BCUT2D eigenvalue weighted by Gasteiger charge is 2.13. The van der Waals surface area contributed by atoms with E-state index in [1.807, 2.05) is 0 Å². The summed E-state index contributed by atoms with van der Waals surface area (Å²) in [5.41, 5.74) is 3.82. The van der Waals surface area contributed by atoms with E-state index in [-0.39, 0.29) is 6.61 Å². The van der Waals surface area contributed by atoms with E-state index in [4.69, 9.17) is 5.11 Å². The van der Waals surface area contributed by atoms with Crippen molar-refractivity contribution in [3.05, 3.63) is 29.3 Å². The smallest absolute Gasteiger partial charge is 0.0895 e. The number of hydrogen-bond donors (Lipinski definition) is 4. The summed E-state index contributed by atoms with van der Waals surface area (Å²) in [4.78, 5) is 0. The van der Waals surface area contributed by atoms with Crippen LogP contribution in [0, 0.1) is 0 Å². The first-order chi connectivity index (χ1) is 7.81. The minimum absolute atomic E-state index is 0.196. The molecule has 1 aliphatic heterocycles. The molecule has 4 nitrogen and oxygen atoms in total. The molecule has 0 spiro atoms. The van der Waals surface area contributed by atoms with E-state index in [9.17, 15) is 5.11 Å². The highest BCUT2D eigenvalue weighted by Crippen LogP contribution is 2.25. The predicted molar refractivity (Wildman–Crippen MR) is 63.4 cm³/mol. The van der Waals surface area contributed by atoms with Crippen molar-refractivity contribution in [2.45, 2.75) is 19.1 Å². The number of para-hydroxylation sites is 1. The number of rotatable bonds is 5. The van der Waals surface area contributed by atoms with Gasteiger partial charge in [0.25, 0.3) is 0 Å². The van der Waals surface area contributed by atoms with Crippen molar-refractivity contribution in [1.82, 2.24) is 5.32 Å². The molecule has 88 valence electrons. The van der Waals surface area contributed by atoms with Crippen LogP contribution in [0.1, 0.15) is 11.1 Å². The standard InChI is InChI=1S/C12H18N2O2/c15-8-11(16)7-13-6-10-3-1-2-9-4-5-14-12(9)10/h1-3,11,13-16H,4-8H2. The molecule has 16 heavy (non-hydrogen) atoms. The fourth-order valence-electron chi connectivity index (χ4n) is 2.00. The molecule has 0 bridgehead atoms. The molecule has 0 saturated heterocycles. The number of nitrogens with one attached hydrogen (secondary N) is 2. The molecule has 0 amide bonds. The summed E-state index contributed by atoms with van der Waals surface area (Å²) >= 11 is 0. The van der Waals surface area contributed by atoms with Crippen molar-refractivity contribution in [3.8, 4) is 0 Å². The second-order valence-electron chi connectivity index (χ2n) is 4.10. The second-order valence-corrected chi connectivity index (χ2v) is 4.10. The third kappa shape index (κ3) is 2.52. The number of aliphatic hydroxyl groups excluding tert-OH is 2. The monoisotopic (exact) mass is 222 g/mol. The van der Waals surface area contributed by atoms with Crippen LogP contribution in [-0.4, -0.2) is 36.0 Å². The minimum Gasteiger partial charge on any atom is -0.394 e. The van der Waals surface area contributed by atoms with Gasteiger partial charge in [-0.1, -0.05) is 18.2 Å². The molecular formula is C12H18N2O2. The van der Waals surface area contributed by atoms with Gasteiger partial charge in [-0.05, 0) is 17.5 Å². The van der Waals surface area contributed by atoms with E-state index in [2.05, 4.69) is 28.8 Å². The Morgan fingerprint density at radius 3 is 3.12 bits per heavy atom. The van der Waals surface area contributed by atoms with Gasteiger partial charge < -0.3 is 20.8 Å². The van der Waals surface area contributed by atoms with Gasteiger partial charge in [-0.3, -0.25) is 0 Å². The molecule has 1 atom stereocenters. The van der Waals surface area contributed by atoms with Crippen molar-refractivity contribution >= 4 is 5.69 Å². The second kappa shape index (κ2) is 5.30. The molecule has 1 aliphatic rings. The summed E-state index contributed by atoms with van der Waals surface area (Å²) in [5, 5.41) is 24.4. The van der Waals surface area contributed by atoms with Gasteiger partial charge in [0.2, 0.25) is 0 Å². The van der Waals surface area contributed by atoms with Gasteiger partial charge in [0.15, 0.2) is 0 Å². The number of hydrogen-bond acceptors (Lipinski definition) is 4. The lowest BCUT2D eigenvalue weighted by atomic mass is 10.1. The quantitative estimate of drug-likeness (QED) is 0.570. The number of aliphatic hydroxyl groups is 2. The van der Waals surface area contributed by atoms with E-state index in [0.29, 0.717) is 13.1 Å². The largest absolute Gasteiger partial charge is 0.394 e. The van der Waals surface area contributed by atoms with Gasteiger partial charge in [0.05, 0.1) is 12.7 Å². The molecule has 4 N–H and O–H groups in total. The zero-order valence-corrected chi connectivity index (χ0v) is 9.24. The van der Waals surface area contributed by atoms with Gasteiger partial charge in [-0.2, -0.15) is 0 Å². The maximum absolute atomic E-state index is 9.20. The zero-order chi connectivity index (χ0) is 11.4. The molecule has 0 aliphatic carbocycles. The Kier molecular flexibility index (Phi) is 3.77. The Hall–Kier alpha value is -1.10. The number of benzene rings is 1. The maximum atomic E-state index is 9.20. The van der Waals surface area contributed by atoms with E-state index in [0.717, 1.165) is 13.0 Å². The average Bonchev–Trinajstić information content (AvgIpc) is 2.77. The average molecular weight is 222 g/mol. The van der Waals surface area contributed by atoms with Crippen LogP contribution in [0.5, 0.6) is 0 Å². The minimum atomic E-state index is -0.676. The first-order valence-corrected chi connectivity index (χ1v) is 5.65. The molecule has 1 aromatic rings. The fourth-order valence-corrected chi connectivity index (χ4v) is 2.00. The Morgan fingerprint density at radius 1 is 1.44 bits per heavy atom. The Morgan fingerprint density at radius 2 is 2.31 bits per heavy atom. The normalized spacial score (nSPS) is 15.6. The van der Waals surface area contributed by atoms with E-state index in [1.54, 1.807) is 0 Å². The van der Waals surface area contributed by atoms with E-state index in [1.165, 1.54) is 16.8 Å². The lowest BCUT2D eigenvalue weighted by Gasteiger charge is -2.12. The van der Waals surface area contributed by atoms with Crippen molar-refractivity contribution in [1.29, 1.82) is 0 Å². The predicted octanol–water partition coefficient (Wildman–Crippen LogP) is 0.0974. The van der Waals surface area contributed by atoms with Crippen LogP contribution in [0.2, 0.25) is 0 Å². The summed E-state index contributed by atoms with van der Waals surface area (Å²) in [6.07, 6.45) is 0.410. The molecule has 0 saturated carbocycles. The van der Waals surface area contributed by atoms with Crippen LogP contribution in [-0.2, 0) is 13.0 Å². The third-order valence-electron chi connectivity index (χ3n) is 2.84. The first-order valence-electron chi connectivity index (χ1n) is 5.65. The van der Waals surface area contributed by atoms with Gasteiger partial charge in [-0.15, -0.1) is 0 Å². The number of anilines is 1. The summed E-state index contributed by atoms with van der Waals surface area (Å²) in [6.45, 7) is 1.94. The van der Waals surface area contributed by atoms with Crippen LogP contribution < -0.4 is 10.6 Å². The van der Waals surface area contributed by atoms with Crippen LogP contribution in [0.4, 0.5) is 5.69 Å². The van der Waals surface area contributed by atoms with Crippen molar-refractivity contribution < 1.29 is 10.2 Å². The first kappa shape index (κ1) is 11.4. The fraction of sp³-hybridized carbons (Fsp3) is 0.500. The van der Waals surface area contributed by atoms with Crippen LogP contribution in [0.25, 0.3) is 0 Å². The lowest BCUT2D eigenvalue weighted by Crippen LogP contribution is -2.29. The summed E-state index contributed by atoms with van der Waals surface area (Å²) in [5.74, 6) is 0. The van der Waals surface area contributed by atoms with Crippen LogP contribution >= 0.6 is 0 Å². The summed E-state index contributed by atoms with van der Waals surface area (Å²) in [6, 6.07) is 6.28. The highest BCUT2D eigenvalue weighted by atomic mass is 16.3. The summed E-state index contributed by atoms with van der Waals surface area (Å²) < 4.78 is 0. The van der Waals surface area contributed by atoms with Gasteiger partial charge in [-0.25, -0.2) is 0 Å². The molecular weight excluding hydrogens is 204 g/mol. The van der Waals surface area contributed by atoms with Crippen LogP contribution in [0.3, 0.4) is 0 Å². The highest BCUT2D eigenvalue weighted by molar-refractivity contribution is 5.61. The topological polar surface area (TPSA) is 64.5 Å². The van der Waals surface area contributed by atoms with Gasteiger partial charge >= 0.3 is 0 Å². The molecule has 4 heteroatoms. The summed E-state index contributed by atoms with van der Waals surface area (Å²) in [7, 11) is 0. The Bertz CT molecular complexity index is 355. The van der Waals surface area contributed by atoms with E-state index >= 15 is 0 Å². The zero-order valence-electron chi connectivity index (χ0n) is 9.24. The molecule has 1 aromatic carbocycles. The van der Waals surface area contributed by atoms with Gasteiger partial charge in [0, 0.05) is 25.3 Å². The molecule has 1 heterocycles. The van der Waals surface area contributed by atoms with Crippen LogP contribution in [0.15, 0.2) is 18.2 Å². The van der Waals surface area contributed by atoms with Crippen molar-refractivity contribution in [3.63, 3.8) is 0 Å². The van der Waals surface area contributed by atoms with Gasteiger partial charge in [0.1, 0.15) is 0 Å².